The molecule has 6 nitrogen and oxygen atoms in total. The van der Waals surface area contributed by atoms with E-state index in [1.807, 2.05) is 0 Å². The van der Waals surface area contributed by atoms with Crippen LogP contribution in [-0.4, -0.2) is 27.9 Å². The van der Waals surface area contributed by atoms with Crippen LogP contribution in [0.2, 0.25) is 0 Å². The minimum atomic E-state index is -0.455. The number of fused-ring (bicyclic) bond motifs is 1. The Labute approximate surface area is 103 Å². The summed E-state index contributed by atoms with van der Waals surface area (Å²) in [6, 6.07) is 0. The number of carbonyl (C=O) groups is 1. The second-order valence-corrected chi connectivity index (χ2v) is 4.45. The standard InChI is InChI=1S/C10H15ClN4O2/c11-2-1-3-15-7-5-13-4-6(9(12)16)8(7)14-10(15)17/h6,13H,1-5H2,(H2,12,16)(H,14,17). The molecular weight excluding hydrogens is 244 g/mol. The van der Waals surface area contributed by atoms with Gasteiger partial charge in [0.1, 0.15) is 0 Å². The quantitative estimate of drug-likeness (QED) is 0.635. The molecule has 0 saturated carbocycles. The highest BCUT2D eigenvalue weighted by Crippen LogP contribution is 2.20. The molecule has 1 amide bonds. The monoisotopic (exact) mass is 258 g/mol. The number of nitrogens with one attached hydrogen (secondary N) is 2. The van der Waals surface area contributed by atoms with E-state index < -0.39 is 11.8 Å². The van der Waals surface area contributed by atoms with Crippen molar-refractivity contribution >= 4 is 17.5 Å². The third kappa shape index (κ3) is 2.23. The molecular formula is C10H15ClN4O2. The number of nitrogens with zero attached hydrogens (tertiary/aromatic N) is 1. The van der Waals surface area contributed by atoms with E-state index in [1.165, 1.54) is 0 Å². The SMILES string of the molecule is NC(=O)C1CNCc2c1[nH]c(=O)n2CCCCl. The molecule has 1 unspecified atom stereocenters. The zero-order valence-corrected chi connectivity index (χ0v) is 10.1. The fourth-order valence-corrected chi connectivity index (χ4v) is 2.26. The van der Waals surface area contributed by atoms with Crippen LogP contribution in [0.15, 0.2) is 4.79 Å². The van der Waals surface area contributed by atoms with Gasteiger partial charge in [0.2, 0.25) is 5.91 Å². The third-order valence-electron chi connectivity index (χ3n) is 2.97. The van der Waals surface area contributed by atoms with Crippen LogP contribution in [0.1, 0.15) is 23.7 Å². The highest BCUT2D eigenvalue weighted by molar-refractivity contribution is 6.17. The van der Waals surface area contributed by atoms with Crippen molar-refractivity contribution in [2.24, 2.45) is 5.73 Å². The number of carbonyl (C=O) groups excluding carboxylic acids is 1. The molecule has 7 heteroatoms. The van der Waals surface area contributed by atoms with E-state index in [2.05, 4.69) is 10.3 Å². The number of primary amides is 1. The fourth-order valence-electron chi connectivity index (χ4n) is 2.14. The Morgan fingerprint density at radius 3 is 3.00 bits per heavy atom. The van der Waals surface area contributed by atoms with Gasteiger partial charge in [0.25, 0.3) is 0 Å². The summed E-state index contributed by atoms with van der Waals surface area (Å²) in [5.41, 5.74) is 6.58. The second kappa shape index (κ2) is 4.93. The normalized spacial score (nSPS) is 19.0. The van der Waals surface area contributed by atoms with E-state index >= 15 is 0 Å². The molecule has 0 fully saturated rings. The molecule has 1 aliphatic heterocycles. The van der Waals surface area contributed by atoms with Crippen LogP contribution >= 0.6 is 11.6 Å². The molecule has 17 heavy (non-hydrogen) atoms. The zero-order valence-electron chi connectivity index (χ0n) is 9.33. The second-order valence-electron chi connectivity index (χ2n) is 4.07. The van der Waals surface area contributed by atoms with Crippen LogP contribution in [0.3, 0.4) is 0 Å². The number of aromatic nitrogens is 2. The number of H-pyrrole nitrogens is 1. The number of nitrogens with two attached hydrogens (primary N) is 1. The average molecular weight is 259 g/mol. The van der Waals surface area contributed by atoms with Crippen molar-refractivity contribution in [2.75, 3.05) is 12.4 Å². The maximum absolute atomic E-state index is 11.8. The Morgan fingerprint density at radius 2 is 2.35 bits per heavy atom. The van der Waals surface area contributed by atoms with Crippen LogP contribution < -0.4 is 16.7 Å². The van der Waals surface area contributed by atoms with Gasteiger partial charge in [-0.2, -0.15) is 0 Å². The minimum absolute atomic E-state index is 0.199. The van der Waals surface area contributed by atoms with E-state index in [4.69, 9.17) is 17.3 Å². The van der Waals surface area contributed by atoms with E-state index in [9.17, 15) is 9.59 Å². The first kappa shape index (κ1) is 12.2. The van der Waals surface area contributed by atoms with Crippen molar-refractivity contribution in [1.29, 1.82) is 0 Å². The molecule has 2 rings (SSSR count). The lowest BCUT2D eigenvalue weighted by Gasteiger charge is -2.21. The van der Waals surface area contributed by atoms with Gasteiger partial charge >= 0.3 is 5.69 Å². The summed E-state index contributed by atoms with van der Waals surface area (Å²) < 4.78 is 1.62. The first-order chi connectivity index (χ1) is 8.15. The molecule has 4 N–H and O–H groups in total. The van der Waals surface area contributed by atoms with Gasteiger partial charge in [-0.3, -0.25) is 9.36 Å². The molecule has 1 aromatic rings. The Morgan fingerprint density at radius 1 is 1.59 bits per heavy atom. The first-order valence-electron chi connectivity index (χ1n) is 5.52. The number of hydrogen-bond donors (Lipinski definition) is 3. The van der Waals surface area contributed by atoms with Gasteiger partial charge < -0.3 is 16.0 Å². The number of amides is 1. The molecule has 0 radical (unpaired) electrons. The zero-order chi connectivity index (χ0) is 12.4. The number of alkyl halides is 1. The Balaban J connectivity index is 2.38. The summed E-state index contributed by atoms with van der Waals surface area (Å²) >= 11 is 5.62. The molecule has 94 valence electrons. The molecule has 1 atom stereocenters. The van der Waals surface area contributed by atoms with Crippen molar-refractivity contribution in [3.63, 3.8) is 0 Å². The smallest absolute Gasteiger partial charge is 0.325 e. The molecule has 0 saturated heterocycles. The topological polar surface area (TPSA) is 92.9 Å². The van der Waals surface area contributed by atoms with Crippen molar-refractivity contribution < 1.29 is 4.79 Å². The number of halogens is 1. The van der Waals surface area contributed by atoms with Gasteiger partial charge in [-0.05, 0) is 6.42 Å². The average Bonchev–Trinajstić information content (AvgIpc) is 2.61. The van der Waals surface area contributed by atoms with Crippen LogP contribution in [0.25, 0.3) is 0 Å². The van der Waals surface area contributed by atoms with Gasteiger partial charge in [0.15, 0.2) is 0 Å². The largest absolute Gasteiger partial charge is 0.369 e. The number of rotatable bonds is 4. The predicted molar refractivity (Wildman–Crippen MR) is 64.0 cm³/mol. The molecule has 1 aromatic heterocycles. The van der Waals surface area contributed by atoms with Crippen molar-refractivity contribution in [3.8, 4) is 0 Å². The van der Waals surface area contributed by atoms with Crippen LogP contribution in [0.4, 0.5) is 0 Å². The Hall–Kier alpha value is -1.27. The van der Waals surface area contributed by atoms with Crippen molar-refractivity contribution in [2.45, 2.75) is 25.4 Å². The van der Waals surface area contributed by atoms with Crippen LogP contribution in [0.5, 0.6) is 0 Å². The van der Waals surface area contributed by atoms with E-state index in [1.54, 1.807) is 4.57 Å². The van der Waals surface area contributed by atoms with Crippen molar-refractivity contribution in [1.82, 2.24) is 14.9 Å². The van der Waals surface area contributed by atoms with Gasteiger partial charge in [-0.25, -0.2) is 4.79 Å². The molecule has 0 bridgehead atoms. The molecule has 2 heterocycles. The Bertz CT molecular complexity index is 479. The summed E-state index contributed by atoms with van der Waals surface area (Å²) in [5, 5.41) is 3.09. The fraction of sp³-hybridized carbons (Fsp3) is 0.600. The third-order valence-corrected chi connectivity index (χ3v) is 3.24. The summed E-state index contributed by atoms with van der Waals surface area (Å²) in [6.45, 7) is 1.60. The lowest BCUT2D eigenvalue weighted by molar-refractivity contribution is -0.119. The molecule has 0 spiro atoms. The predicted octanol–water partition coefficient (Wildman–Crippen LogP) is -0.523. The van der Waals surface area contributed by atoms with Crippen LogP contribution in [-0.2, 0) is 17.9 Å². The lowest BCUT2D eigenvalue weighted by atomic mass is 9.99. The molecule has 0 aromatic carbocycles. The summed E-state index contributed by atoms with van der Waals surface area (Å²) in [6.07, 6.45) is 0.715. The highest BCUT2D eigenvalue weighted by atomic mass is 35.5. The van der Waals surface area contributed by atoms with Gasteiger partial charge in [0.05, 0.1) is 17.3 Å². The summed E-state index contributed by atoms with van der Waals surface area (Å²) in [5.74, 6) is -0.383. The molecule has 0 aliphatic carbocycles. The lowest BCUT2D eigenvalue weighted by Crippen LogP contribution is -2.36. The van der Waals surface area contributed by atoms with E-state index in [0.717, 1.165) is 5.69 Å². The Kier molecular flexibility index (Phi) is 3.54. The maximum Gasteiger partial charge on any atom is 0.325 e. The minimum Gasteiger partial charge on any atom is -0.369 e. The summed E-state index contributed by atoms with van der Waals surface area (Å²) in [7, 11) is 0. The van der Waals surface area contributed by atoms with Crippen LogP contribution in [0, 0.1) is 0 Å². The van der Waals surface area contributed by atoms with Gasteiger partial charge in [-0.15, -0.1) is 11.6 Å². The van der Waals surface area contributed by atoms with Gasteiger partial charge in [0, 0.05) is 25.5 Å². The van der Waals surface area contributed by atoms with E-state index in [0.29, 0.717) is 37.6 Å². The number of imidazole rings is 1. The number of hydrogen-bond acceptors (Lipinski definition) is 3. The molecule has 1 aliphatic rings. The maximum atomic E-state index is 11.8. The highest BCUT2D eigenvalue weighted by Gasteiger charge is 2.29. The van der Waals surface area contributed by atoms with Gasteiger partial charge in [-0.1, -0.05) is 0 Å². The first-order valence-corrected chi connectivity index (χ1v) is 6.06. The van der Waals surface area contributed by atoms with E-state index in [-0.39, 0.29) is 5.69 Å². The van der Waals surface area contributed by atoms with Crippen molar-refractivity contribution in [3.05, 3.63) is 21.9 Å². The number of aromatic amines is 1. The summed E-state index contributed by atoms with van der Waals surface area (Å²) in [4.78, 5) is 25.8.